The van der Waals surface area contributed by atoms with E-state index in [9.17, 15) is 9.59 Å². The van der Waals surface area contributed by atoms with Gasteiger partial charge in [0.2, 0.25) is 18.2 Å². The Kier molecular flexibility index (Phi) is 4.18. The number of carbonyl (C=O) groups excluding carboxylic acids is 2. The van der Waals surface area contributed by atoms with E-state index in [1.807, 2.05) is 0 Å². The van der Waals surface area contributed by atoms with Gasteiger partial charge in [0.25, 0.3) is 0 Å². The van der Waals surface area contributed by atoms with Gasteiger partial charge in [-0.2, -0.15) is 0 Å². The normalized spacial score (nSPS) is 13.8. The van der Waals surface area contributed by atoms with Crippen molar-refractivity contribution in [3.63, 3.8) is 0 Å². The number of carbonyl (C=O) groups is 2. The monoisotopic (exact) mass is 349 g/mol. The van der Waals surface area contributed by atoms with Crippen molar-refractivity contribution < 1.29 is 18.7 Å². The maximum Gasteiger partial charge on any atom is 0.343 e. The third-order valence-electron chi connectivity index (χ3n) is 4.16. The van der Waals surface area contributed by atoms with E-state index in [0.717, 1.165) is 24.2 Å². The second-order valence-electron chi connectivity index (χ2n) is 5.85. The van der Waals surface area contributed by atoms with Crippen molar-refractivity contribution in [1.29, 1.82) is 0 Å². The molecule has 0 aliphatic carbocycles. The Balaban J connectivity index is 1.43. The molecule has 0 saturated carbocycles. The lowest BCUT2D eigenvalue weighted by Gasteiger charge is -2.15. The topological polar surface area (TPSA) is 85.5 Å². The summed E-state index contributed by atoms with van der Waals surface area (Å²) in [6.07, 6.45) is 2.69. The van der Waals surface area contributed by atoms with Crippen LogP contribution in [0.4, 0.5) is 5.69 Å². The first-order valence-electron chi connectivity index (χ1n) is 8.20. The fourth-order valence-electron chi connectivity index (χ4n) is 2.83. The van der Waals surface area contributed by atoms with Crippen LogP contribution in [0.5, 0.6) is 5.75 Å². The highest BCUT2D eigenvalue weighted by atomic mass is 16.5. The van der Waals surface area contributed by atoms with Crippen LogP contribution in [0.1, 0.15) is 23.2 Å². The molecule has 26 heavy (non-hydrogen) atoms. The largest absolute Gasteiger partial charge is 0.423 e. The van der Waals surface area contributed by atoms with Crippen LogP contribution in [-0.2, 0) is 4.79 Å². The average Bonchev–Trinajstić information content (AvgIpc) is 3.34. The fourth-order valence-corrected chi connectivity index (χ4v) is 2.83. The Bertz CT molecular complexity index is 918. The lowest BCUT2D eigenvalue weighted by atomic mass is 10.2. The van der Waals surface area contributed by atoms with Crippen molar-refractivity contribution >= 4 is 17.6 Å². The van der Waals surface area contributed by atoms with Crippen LogP contribution in [0, 0.1) is 0 Å². The van der Waals surface area contributed by atoms with Crippen molar-refractivity contribution in [1.82, 2.24) is 10.2 Å². The highest BCUT2D eigenvalue weighted by Gasteiger charge is 2.21. The molecule has 1 aliphatic heterocycles. The Hall–Kier alpha value is -3.48. The van der Waals surface area contributed by atoms with E-state index < -0.39 is 5.97 Å². The van der Waals surface area contributed by atoms with E-state index in [-0.39, 0.29) is 5.91 Å². The van der Waals surface area contributed by atoms with E-state index >= 15 is 0 Å². The van der Waals surface area contributed by atoms with Crippen molar-refractivity contribution in [2.45, 2.75) is 12.8 Å². The second-order valence-corrected chi connectivity index (χ2v) is 5.85. The Morgan fingerprint density at radius 1 is 1.08 bits per heavy atom. The number of amides is 1. The van der Waals surface area contributed by atoms with E-state index in [2.05, 4.69) is 10.2 Å². The molecule has 1 saturated heterocycles. The van der Waals surface area contributed by atoms with Gasteiger partial charge in [-0.15, -0.1) is 10.2 Å². The third kappa shape index (κ3) is 3.19. The van der Waals surface area contributed by atoms with Gasteiger partial charge < -0.3 is 14.1 Å². The molecule has 7 heteroatoms. The molecule has 0 unspecified atom stereocenters. The maximum absolute atomic E-state index is 12.3. The molecule has 0 radical (unpaired) electrons. The molecule has 0 spiro atoms. The van der Waals surface area contributed by atoms with Gasteiger partial charge in [0.05, 0.1) is 5.56 Å². The molecular weight excluding hydrogens is 334 g/mol. The predicted molar refractivity (Wildman–Crippen MR) is 92.7 cm³/mol. The number of ether oxygens (including phenoxy) is 1. The highest BCUT2D eigenvalue weighted by molar-refractivity contribution is 5.96. The zero-order chi connectivity index (χ0) is 17.9. The van der Waals surface area contributed by atoms with Gasteiger partial charge in [-0.05, 0) is 55.0 Å². The van der Waals surface area contributed by atoms with Crippen molar-refractivity contribution in [3.05, 3.63) is 60.5 Å². The van der Waals surface area contributed by atoms with Crippen LogP contribution in [0.2, 0.25) is 0 Å². The number of anilines is 1. The average molecular weight is 349 g/mol. The first-order valence-corrected chi connectivity index (χ1v) is 8.20. The first kappa shape index (κ1) is 16.0. The Labute approximate surface area is 149 Å². The standard InChI is InChI=1S/C19H15N3O4/c23-17-2-1-11-22(17)15-7-3-14(4-8-15)19(24)26-16-9-5-13(6-10-16)18-21-20-12-25-18/h3-10,12H,1-2,11H2. The molecule has 2 heterocycles. The minimum Gasteiger partial charge on any atom is -0.423 e. The SMILES string of the molecule is O=C(Oc1ccc(-c2nnco2)cc1)c1ccc(N2CCCC2=O)cc1. The first-order chi connectivity index (χ1) is 12.7. The summed E-state index contributed by atoms with van der Waals surface area (Å²) in [5, 5.41) is 7.44. The van der Waals surface area contributed by atoms with E-state index in [1.54, 1.807) is 53.4 Å². The lowest BCUT2D eigenvalue weighted by Crippen LogP contribution is -2.23. The molecule has 2 aromatic carbocycles. The molecule has 1 fully saturated rings. The number of hydrogen-bond acceptors (Lipinski definition) is 6. The molecule has 1 aromatic heterocycles. The summed E-state index contributed by atoms with van der Waals surface area (Å²) in [6, 6.07) is 13.6. The van der Waals surface area contributed by atoms with E-state index in [4.69, 9.17) is 9.15 Å². The van der Waals surface area contributed by atoms with Gasteiger partial charge in [-0.1, -0.05) is 0 Å². The molecule has 7 nitrogen and oxygen atoms in total. The second kappa shape index (κ2) is 6.79. The molecule has 0 N–H and O–H groups in total. The summed E-state index contributed by atoms with van der Waals surface area (Å²) >= 11 is 0. The number of rotatable bonds is 4. The summed E-state index contributed by atoms with van der Waals surface area (Å²) in [4.78, 5) is 25.8. The minimum atomic E-state index is -0.463. The van der Waals surface area contributed by atoms with Crippen LogP contribution >= 0.6 is 0 Å². The zero-order valence-electron chi connectivity index (χ0n) is 13.8. The smallest absolute Gasteiger partial charge is 0.343 e. The summed E-state index contributed by atoms with van der Waals surface area (Å²) in [5.41, 5.74) is 1.95. The summed E-state index contributed by atoms with van der Waals surface area (Å²) in [6.45, 7) is 0.717. The number of nitrogens with zero attached hydrogens (tertiary/aromatic N) is 3. The van der Waals surface area contributed by atoms with Crippen LogP contribution in [-0.4, -0.2) is 28.6 Å². The van der Waals surface area contributed by atoms with Gasteiger partial charge in [0, 0.05) is 24.2 Å². The Morgan fingerprint density at radius 2 is 1.85 bits per heavy atom. The van der Waals surface area contributed by atoms with Crippen LogP contribution in [0.25, 0.3) is 11.5 Å². The maximum atomic E-state index is 12.3. The zero-order valence-corrected chi connectivity index (χ0v) is 13.8. The van der Waals surface area contributed by atoms with E-state index in [1.165, 1.54) is 6.39 Å². The molecule has 3 aromatic rings. The summed E-state index contributed by atoms with van der Waals surface area (Å²) < 4.78 is 10.5. The van der Waals surface area contributed by atoms with Crippen LogP contribution in [0.15, 0.2) is 59.3 Å². The van der Waals surface area contributed by atoms with Crippen LogP contribution in [0.3, 0.4) is 0 Å². The fraction of sp³-hybridized carbons (Fsp3) is 0.158. The molecule has 0 bridgehead atoms. The van der Waals surface area contributed by atoms with Gasteiger partial charge >= 0.3 is 5.97 Å². The quantitative estimate of drug-likeness (QED) is 0.531. The van der Waals surface area contributed by atoms with Gasteiger partial charge in [-0.3, -0.25) is 4.79 Å². The van der Waals surface area contributed by atoms with Gasteiger partial charge in [-0.25, -0.2) is 4.79 Å². The number of esters is 1. The van der Waals surface area contributed by atoms with Crippen molar-refractivity contribution in [3.8, 4) is 17.2 Å². The number of benzene rings is 2. The Morgan fingerprint density at radius 3 is 2.46 bits per heavy atom. The number of hydrogen-bond donors (Lipinski definition) is 0. The van der Waals surface area contributed by atoms with Gasteiger partial charge in [0.15, 0.2) is 0 Å². The summed E-state index contributed by atoms with van der Waals surface area (Å²) in [5.74, 6) is 0.462. The highest BCUT2D eigenvalue weighted by Crippen LogP contribution is 2.23. The summed E-state index contributed by atoms with van der Waals surface area (Å²) in [7, 11) is 0. The molecule has 4 rings (SSSR count). The van der Waals surface area contributed by atoms with Crippen molar-refractivity contribution in [2.24, 2.45) is 0 Å². The third-order valence-corrected chi connectivity index (χ3v) is 4.16. The van der Waals surface area contributed by atoms with E-state index in [0.29, 0.717) is 23.6 Å². The van der Waals surface area contributed by atoms with Gasteiger partial charge in [0.1, 0.15) is 5.75 Å². The molecule has 1 amide bonds. The molecular formula is C19H15N3O4. The minimum absolute atomic E-state index is 0.113. The predicted octanol–water partition coefficient (Wildman–Crippen LogP) is 3.08. The molecule has 1 aliphatic rings. The molecule has 0 atom stereocenters. The molecule has 130 valence electrons. The van der Waals surface area contributed by atoms with Crippen molar-refractivity contribution in [2.75, 3.05) is 11.4 Å². The van der Waals surface area contributed by atoms with Crippen LogP contribution < -0.4 is 9.64 Å². The number of aromatic nitrogens is 2. The lowest BCUT2D eigenvalue weighted by molar-refractivity contribution is -0.117.